The monoisotopic (exact) mass is 199 g/mol. The Balaban J connectivity index is 2.12. The third-order valence-electron chi connectivity index (χ3n) is 3.50. The minimum Gasteiger partial charge on any atom is -0.481 e. The molecule has 0 bridgehead atoms. The molecule has 0 saturated carbocycles. The van der Waals surface area contributed by atoms with E-state index in [1.54, 1.807) is 0 Å². The molecule has 2 rings (SSSR count). The molecule has 3 unspecified atom stereocenters. The molecule has 0 aliphatic carbocycles. The van der Waals surface area contributed by atoms with Crippen molar-refractivity contribution in [1.29, 1.82) is 0 Å². The normalized spacial score (nSPS) is 39.1. The van der Waals surface area contributed by atoms with Gasteiger partial charge >= 0.3 is 5.97 Å². The lowest BCUT2D eigenvalue weighted by Gasteiger charge is -2.27. The average molecular weight is 199 g/mol. The first-order valence-corrected chi connectivity index (χ1v) is 5.35. The van der Waals surface area contributed by atoms with Gasteiger partial charge in [-0.25, -0.2) is 0 Å². The van der Waals surface area contributed by atoms with Crippen LogP contribution in [-0.2, 0) is 4.79 Å². The fraction of sp³-hybridized carbons (Fsp3) is 0.900. The van der Waals surface area contributed by atoms with Crippen LogP contribution in [0.15, 0.2) is 0 Å². The molecule has 14 heavy (non-hydrogen) atoms. The molecule has 0 spiro atoms. The molecule has 0 aromatic heterocycles. The van der Waals surface area contributed by atoms with Gasteiger partial charge in [0, 0.05) is 6.04 Å². The number of aliphatic carboxylic acids is 1. The van der Waals surface area contributed by atoms with Crippen molar-refractivity contribution in [3.05, 3.63) is 0 Å². The second kappa shape index (κ2) is 3.87. The van der Waals surface area contributed by atoms with Crippen LogP contribution in [0.5, 0.6) is 0 Å². The second-order valence-electron chi connectivity index (χ2n) is 4.32. The van der Waals surface area contributed by atoms with E-state index in [9.17, 15) is 9.90 Å². The lowest BCUT2D eigenvalue weighted by Crippen LogP contribution is -2.42. The van der Waals surface area contributed by atoms with E-state index in [4.69, 9.17) is 5.11 Å². The maximum atomic E-state index is 10.9. The van der Waals surface area contributed by atoms with Crippen molar-refractivity contribution in [2.75, 3.05) is 13.1 Å². The zero-order chi connectivity index (χ0) is 10.1. The maximum Gasteiger partial charge on any atom is 0.309 e. The van der Waals surface area contributed by atoms with Crippen LogP contribution in [0, 0.1) is 5.92 Å². The third kappa shape index (κ3) is 1.64. The second-order valence-corrected chi connectivity index (χ2v) is 4.32. The van der Waals surface area contributed by atoms with Gasteiger partial charge in [0.05, 0.1) is 12.0 Å². The lowest BCUT2D eigenvalue weighted by molar-refractivity contribution is -0.146. The van der Waals surface area contributed by atoms with Crippen molar-refractivity contribution in [2.45, 2.75) is 37.8 Å². The molecule has 4 nitrogen and oxygen atoms in total. The summed E-state index contributed by atoms with van der Waals surface area (Å²) in [6.45, 7) is 1.97. The van der Waals surface area contributed by atoms with Gasteiger partial charge in [0.2, 0.25) is 0 Å². The Hall–Kier alpha value is -0.610. The third-order valence-corrected chi connectivity index (χ3v) is 3.50. The van der Waals surface area contributed by atoms with Crippen LogP contribution in [0.25, 0.3) is 0 Å². The van der Waals surface area contributed by atoms with Gasteiger partial charge in [-0.3, -0.25) is 9.69 Å². The maximum absolute atomic E-state index is 10.9. The van der Waals surface area contributed by atoms with Crippen LogP contribution in [0.4, 0.5) is 0 Å². The highest BCUT2D eigenvalue weighted by atomic mass is 16.4. The molecular formula is C10H17NO3. The highest BCUT2D eigenvalue weighted by Gasteiger charge is 2.40. The number of carbonyl (C=O) groups is 1. The number of aliphatic hydroxyl groups is 1. The molecule has 0 aromatic rings. The van der Waals surface area contributed by atoms with Crippen LogP contribution >= 0.6 is 0 Å². The Morgan fingerprint density at radius 3 is 2.50 bits per heavy atom. The molecule has 0 amide bonds. The van der Waals surface area contributed by atoms with Gasteiger partial charge in [-0.1, -0.05) is 0 Å². The van der Waals surface area contributed by atoms with Gasteiger partial charge in [-0.15, -0.1) is 0 Å². The quantitative estimate of drug-likeness (QED) is 0.638. The van der Waals surface area contributed by atoms with Crippen molar-refractivity contribution in [2.24, 2.45) is 5.92 Å². The first-order valence-electron chi connectivity index (χ1n) is 5.35. The van der Waals surface area contributed by atoms with Crippen molar-refractivity contribution in [3.8, 4) is 0 Å². The summed E-state index contributed by atoms with van der Waals surface area (Å²) in [6, 6.07) is 0.0959. The Morgan fingerprint density at radius 2 is 1.86 bits per heavy atom. The van der Waals surface area contributed by atoms with Crippen molar-refractivity contribution < 1.29 is 15.0 Å². The Labute approximate surface area is 83.5 Å². The molecule has 0 radical (unpaired) electrons. The smallest absolute Gasteiger partial charge is 0.309 e. The summed E-state index contributed by atoms with van der Waals surface area (Å²) >= 11 is 0. The van der Waals surface area contributed by atoms with Crippen LogP contribution in [0.2, 0.25) is 0 Å². The van der Waals surface area contributed by atoms with E-state index < -0.39 is 18.0 Å². The number of carboxylic acid groups (broad SMARTS) is 1. The molecule has 2 N–H and O–H groups in total. The van der Waals surface area contributed by atoms with Gasteiger partial charge in [-0.2, -0.15) is 0 Å². The number of hydrogen-bond acceptors (Lipinski definition) is 3. The molecular weight excluding hydrogens is 182 g/mol. The fourth-order valence-electron chi connectivity index (χ4n) is 2.74. The van der Waals surface area contributed by atoms with Crippen molar-refractivity contribution in [1.82, 2.24) is 4.90 Å². The average Bonchev–Trinajstić information content (AvgIpc) is 2.53. The largest absolute Gasteiger partial charge is 0.481 e. The van der Waals surface area contributed by atoms with E-state index in [0.29, 0.717) is 6.42 Å². The van der Waals surface area contributed by atoms with E-state index in [1.165, 1.54) is 0 Å². The van der Waals surface area contributed by atoms with Crippen molar-refractivity contribution in [3.63, 3.8) is 0 Å². The summed E-state index contributed by atoms with van der Waals surface area (Å²) < 4.78 is 0. The molecule has 2 heterocycles. The molecule has 80 valence electrons. The molecule has 2 aliphatic rings. The number of rotatable bonds is 1. The Morgan fingerprint density at radius 1 is 1.21 bits per heavy atom. The van der Waals surface area contributed by atoms with Crippen molar-refractivity contribution >= 4 is 5.97 Å². The SMILES string of the molecule is O=C(O)C1CCCN2CCCC2C1O. The number of carboxylic acids is 1. The highest BCUT2D eigenvalue weighted by Crippen LogP contribution is 2.29. The predicted octanol–water partition coefficient (Wildman–Crippen LogP) is 0.306. The highest BCUT2D eigenvalue weighted by molar-refractivity contribution is 5.70. The van der Waals surface area contributed by atoms with Gasteiger partial charge in [-0.05, 0) is 38.8 Å². The van der Waals surface area contributed by atoms with E-state index >= 15 is 0 Å². The lowest BCUT2D eigenvalue weighted by atomic mass is 9.93. The summed E-state index contributed by atoms with van der Waals surface area (Å²) in [5, 5.41) is 18.9. The molecule has 2 aliphatic heterocycles. The summed E-state index contributed by atoms with van der Waals surface area (Å²) in [5.74, 6) is -1.39. The molecule has 2 saturated heterocycles. The standard InChI is InChI=1S/C10H17NO3/c12-9-7(10(13)14)3-1-5-11-6-2-4-8(9)11/h7-9,12H,1-6H2,(H,13,14). The van der Waals surface area contributed by atoms with Crippen LogP contribution < -0.4 is 0 Å². The van der Waals surface area contributed by atoms with Crippen LogP contribution in [-0.4, -0.2) is 46.3 Å². The summed E-state index contributed by atoms with van der Waals surface area (Å²) in [4.78, 5) is 13.2. The van der Waals surface area contributed by atoms with Crippen LogP contribution in [0.1, 0.15) is 25.7 Å². The minimum atomic E-state index is -0.841. The van der Waals surface area contributed by atoms with E-state index in [2.05, 4.69) is 4.90 Å². The van der Waals surface area contributed by atoms with Gasteiger partial charge in [0.25, 0.3) is 0 Å². The summed E-state index contributed by atoms with van der Waals surface area (Å²) in [6.07, 6.45) is 2.88. The van der Waals surface area contributed by atoms with E-state index in [-0.39, 0.29) is 6.04 Å². The van der Waals surface area contributed by atoms with E-state index in [1.807, 2.05) is 0 Å². The number of fused-ring (bicyclic) bond motifs is 1. The molecule has 3 atom stereocenters. The van der Waals surface area contributed by atoms with Crippen LogP contribution in [0.3, 0.4) is 0 Å². The summed E-state index contributed by atoms with van der Waals surface area (Å²) in [5.41, 5.74) is 0. The minimum absolute atomic E-state index is 0.0959. The molecule has 4 heteroatoms. The van der Waals surface area contributed by atoms with Gasteiger partial charge in [0.15, 0.2) is 0 Å². The topological polar surface area (TPSA) is 60.8 Å². The molecule has 2 fully saturated rings. The zero-order valence-electron chi connectivity index (χ0n) is 8.22. The first-order chi connectivity index (χ1) is 6.70. The first kappa shape index (κ1) is 9.93. The van der Waals surface area contributed by atoms with Gasteiger partial charge in [0.1, 0.15) is 0 Å². The number of nitrogens with zero attached hydrogens (tertiary/aromatic N) is 1. The Kier molecular flexibility index (Phi) is 2.74. The summed E-state index contributed by atoms with van der Waals surface area (Å²) in [7, 11) is 0. The van der Waals surface area contributed by atoms with Gasteiger partial charge < -0.3 is 10.2 Å². The Bertz CT molecular complexity index is 231. The molecule has 0 aromatic carbocycles. The van der Waals surface area contributed by atoms with E-state index in [0.717, 1.165) is 32.4 Å². The zero-order valence-corrected chi connectivity index (χ0v) is 8.22. The fourth-order valence-corrected chi connectivity index (χ4v) is 2.74. The number of aliphatic hydroxyl groups excluding tert-OH is 1. The number of hydrogen-bond donors (Lipinski definition) is 2. The predicted molar refractivity (Wildman–Crippen MR) is 51.0 cm³/mol.